The van der Waals surface area contributed by atoms with Gasteiger partial charge in [-0.1, -0.05) is 12.1 Å². The van der Waals surface area contributed by atoms with E-state index in [0.717, 1.165) is 42.8 Å². The Morgan fingerprint density at radius 3 is 3.04 bits per heavy atom. The van der Waals surface area contributed by atoms with Crippen molar-refractivity contribution in [1.82, 2.24) is 4.90 Å². The van der Waals surface area contributed by atoms with E-state index >= 15 is 0 Å². The van der Waals surface area contributed by atoms with Crippen LogP contribution in [0.25, 0.3) is 0 Å². The van der Waals surface area contributed by atoms with Gasteiger partial charge in [-0.3, -0.25) is 4.90 Å². The highest BCUT2D eigenvalue weighted by atomic mass is 32.1. The number of aliphatic hydroxyl groups is 1. The first-order chi connectivity index (χ1) is 11.7. The number of rotatable bonds is 6. The average molecular weight is 342 g/mol. The number of hydrogen-bond donors (Lipinski definition) is 1. The summed E-state index contributed by atoms with van der Waals surface area (Å²) < 4.78 is 5.21. The molecule has 1 saturated heterocycles. The summed E-state index contributed by atoms with van der Waals surface area (Å²) in [5, 5.41) is 21.7. The third-order valence-corrected chi connectivity index (χ3v) is 5.61. The van der Waals surface area contributed by atoms with Gasteiger partial charge < -0.3 is 9.84 Å². The van der Waals surface area contributed by atoms with Crippen molar-refractivity contribution in [3.8, 4) is 11.8 Å². The number of ether oxygens (including phenoxy) is 1. The van der Waals surface area contributed by atoms with Crippen LogP contribution in [0.5, 0.6) is 5.75 Å². The van der Waals surface area contributed by atoms with Gasteiger partial charge in [0, 0.05) is 17.5 Å². The summed E-state index contributed by atoms with van der Waals surface area (Å²) >= 11 is 1.61. The second-order valence-electron chi connectivity index (χ2n) is 6.18. The summed E-state index contributed by atoms with van der Waals surface area (Å²) in [6, 6.07) is 12.3. The highest BCUT2D eigenvalue weighted by molar-refractivity contribution is 7.10. The van der Waals surface area contributed by atoms with E-state index in [2.05, 4.69) is 11.0 Å². The molecule has 24 heavy (non-hydrogen) atoms. The maximum Gasteiger partial charge on any atom is 0.136 e. The summed E-state index contributed by atoms with van der Waals surface area (Å²) in [6.07, 6.45) is 2.65. The van der Waals surface area contributed by atoms with Crippen molar-refractivity contribution < 1.29 is 9.84 Å². The van der Waals surface area contributed by atoms with E-state index in [0.29, 0.717) is 17.4 Å². The van der Waals surface area contributed by atoms with Crippen LogP contribution in [0.2, 0.25) is 0 Å². The zero-order valence-corrected chi connectivity index (χ0v) is 14.6. The molecule has 1 aromatic carbocycles. The Morgan fingerprint density at radius 2 is 2.33 bits per heavy atom. The van der Waals surface area contributed by atoms with E-state index < -0.39 is 0 Å². The number of methoxy groups -OCH3 is 1. The number of aliphatic hydroxyl groups excluding tert-OH is 1. The molecule has 5 heteroatoms. The van der Waals surface area contributed by atoms with Crippen molar-refractivity contribution in [3.05, 3.63) is 51.7 Å². The number of nitriles is 1. The number of nitrogens with zero attached hydrogens (tertiary/aromatic N) is 2. The molecule has 0 amide bonds. The van der Waals surface area contributed by atoms with Crippen molar-refractivity contribution in [3.63, 3.8) is 0 Å². The molecule has 1 aliphatic heterocycles. The summed E-state index contributed by atoms with van der Waals surface area (Å²) in [7, 11) is 1.58. The fraction of sp³-hybridized carbons (Fsp3) is 0.421. The quantitative estimate of drug-likeness (QED) is 0.869. The molecule has 0 bridgehead atoms. The van der Waals surface area contributed by atoms with Crippen LogP contribution in [0.3, 0.4) is 0 Å². The lowest BCUT2D eigenvalue weighted by molar-refractivity contribution is 0.120. The first-order valence-corrected chi connectivity index (χ1v) is 9.11. The van der Waals surface area contributed by atoms with Gasteiger partial charge in [-0.05, 0) is 54.9 Å². The fourth-order valence-electron chi connectivity index (χ4n) is 3.40. The molecule has 2 aromatic rings. The normalized spacial score (nSPS) is 19.1. The van der Waals surface area contributed by atoms with Crippen LogP contribution < -0.4 is 4.74 Å². The van der Waals surface area contributed by atoms with Gasteiger partial charge >= 0.3 is 0 Å². The minimum Gasteiger partial charge on any atom is -0.495 e. The van der Waals surface area contributed by atoms with E-state index in [1.807, 2.05) is 35.7 Å². The standard InChI is InChI=1S/C19H22N2O2S/c1-23-18-7-6-14(10-15(18)12-20)13-21-8-2-4-16(21)11-17(22)19-5-3-9-24-19/h3,5-7,9-10,16-17,22H,2,4,8,11,13H2,1H3. The monoisotopic (exact) mass is 342 g/mol. The first kappa shape index (κ1) is 17.0. The second-order valence-corrected chi connectivity index (χ2v) is 7.16. The van der Waals surface area contributed by atoms with Crippen LogP contribution in [-0.4, -0.2) is 29.7 Å². The van der Waals surface area contributed by atoms with Crippen molar-refractivity contribution >= 4 is 11.3 Å². The van der Waals surface area contributed by atoms with E-state index in [-0.39, 0.29) is 6.10 Å². The number of thiophene rings is 1. The molecule has 3 rings (SSSR count). The largest absolute Gasteiger partial charge is 0.495 e. The average Bonchev–Trinajstić information content (AvgIpc) is 3.27. The van der Waals surface area contributed by atoms with E-state index in [1.165, 1.54) is 0 Å². The van der Waals surface area contributed by atoms with Crippen LogP contribution in [0, 0.1) is 11.3 Å². The van der Waals surface area contributed by atoms with E-state index in [9.17, 15) is 10.4 Å². The third-order valence-electron chi connectivity index (χ3n) is 4.64. The predicted octanol–water partition coefficient (Wildman–Crippen LogP) is 3.72. The molecule has 1 fully saturated rings. The molecule has 2 atom stereocenters. The second kappa shape index (κ2) is 7.80. The third kappa shape index (κ3) is 3.78. The van der Waals surface area contributed by atoms with Crippen LogP contribution >= 0.6 is 11.3 Å². The highest BCUT2D eigenvalue weighted by Gasteiger charge is 2.27. The molecule has 2 heterocycles. The van der Waals surface area contributed by atoms with Crippen LogP contribution in [0.1, 0.15) is 41.4 Å². The van der Waals surface area contributed by atoms with Gasteiger partial charge in [0.1, 0.15) is 11.8 Å². The molecule has 2 unspecified atom stereocenters. The molecule has 1 aromatic heterocycles. The lowest BCUT2D eigenvalue weighted by atomic mass is 10.0. The minimum atomic E-state index is -0.388. The molecule has 0 spiro atoms. The molecule has 1 aliphatic rings. The zero-order valence-electron chi connectivity index (χ0n) is 13.8. The van der Waals surface area contributed by atoms with Gasteiger partial charge in [0.15, 0.2) is 0 Å². The summed E-state index contributed by atoms with van der Waals surface area (Å²) in [5.74, 6) is 0.618. The highest BCUT2D eigenvalue weighted by Crippen LogP contribution is 2.31. The molecule has 0 radical (unpaired) electrons. The lowest BCUT2D eigenvalue weighted by Gasteiger charge is -2.26. The molecular weight excluding hydrogens is 320 g/mol. The molecule has 0 saturated carbocycles. The van der Waals surface area contributed by atoms with Gasteiger partial charge in [0.2, 0.25) is 0 Å². The Kier molecular flexibility index (Phi) is 5.52. The summed E-state index contributed by atoms with van der Waals surface area (Å²) in [5.41, 5.74) is 1.69. The fourth-order valence-corrected chi connectivity index (χ4v) is 4.13. The molecule has 4 nitrogen and oxygen atoms in total. The molecular formula is C19H22N2O2S. The summed E-state index contributed by atoms with van der Waals surface area (Å²) in [6.45, 7) is 1.84. The SMILES string of the molecule is COc1ccc(CN2CCCC2CC(O)c2cccs2)cc1C#N. The van der Waals surface area contributed by atoms with Crippen LogP contribution in [-0.2, 0) is 6.54 Å². The van der Waals surface area contributed by atoms with Gasteiger partial charge in [0.05, 0.1) is 18.8 Å². The topological polar surface area (TPSA) is 56.5 Å². The first-order valence-electron chi connectivity index (χ1n) is 8.24. The smallest absolute Gasteiger partial charge is 0.136 e. The van der Waals surface area contributed by atoms with Crippen molar-refractivity contribution in [2.45, 2.75) is 38.0 Å². The Bertz CT molecular complexity index is 709. The predicted molar refractivity (Wildman–Crippen MR) is 95.0 cm³/mol. The minimum absolute atomic E-state index is 0.384. The zero-order chi connectivity index (χ0) is 16.9. The molecule has 0 aliphatic carbocycles. The number of hydrogen-bond acceptors (Lipinski definition) is 5. The summed E-state index contributed by atoms with van der Waals surface area (Å²) in [4.78, 5) is 3.46. The van der Waals surface area contributed by atoms with Gasteiger partial charge in [-0.15, -0.1) is 11.3 Å². The van der Waals surface area contributed by atoms with Crippen LogP contribution in [0.4, 0.5) is 0 Å². The van der Waals surface area contributed by atoms with E-state index in [1.54, 1.807) is 18.4 Å². The molecule has 1 N–H and O–H groups in total. The van der Waals surface area contributed by atoms with E-state index in [4.69, 9.17) is 4.74 Å². The lowest BCUT2D eigenvalue weighted by Crippen LogP contribution is -2.30. The molecule has 126 valence electrons. The van der Waals surface area contributed by atoms with Crippen molar-refractivity contribution in [2.24, 2.45) is 0 Å². The maximum atomic E-state index is 10.4. The Morgan fingerprint density at radius 1 is 1.46 bits per heavy atom. The maximum absolute atomic E-state index is 10.4. The van der Waals surface area contributed by atoms with Gasteiger partial charge in [-0.25, -0.2) is 0 Å². The van der Waals surface area contributed by atoms with Gasteiger partial charge in [-0.2, -0.15) is 5.26 Å². The number of benzene rings is 1. The van der Waals surface area contributed by atoms with Gasteiger partial charge in [0.25, 0.3) is 0 Å². The van der Waals surface area contributed by atoms with Crippen molar-refractivity contribution in [2.75, 3.05) is 13.7 Å². The Labute approximate surface area is 146 Å². The van der Waals surface area contributed by atoms with Crippen LogP contribution in [0.15, 0.2) is 35.7 Å². The Balaban J connectivity index is 1.67. The Hall–Kier alpha value is -1.87. The van der Waals surface area contributed by atoms with Crippen molar-refractivity contribution in [1.29, 1.82) is 5.26 Å². The number of likely N-dealkylation sites (tertiary alicyclic amines) is 1.